The van der Waals surface area contributed by atoms with Crippen LogP contribution in [0.1, 0.15) is 32.0 Å². The minimum atomic E-state index is -4.79. The number of ether oxygens (including phenoxy) is 2. The summed E-state index contributed by atoms with van der Waals surface area (Å²) >= 11 is 0. The van der Waals surface area contributed by atoms with E-state index in [2.05, 4.69) is 15.3 Å². The highest BCUT2D eigenvalue weighted by Crippen LogP contribution is 2.36. The van der Waals surface area contributed by atoms with Crippen LogP contribution in [-0.4, -0.2) is 41.3 Å². The Morgan fingerprint density at radius 1 is 1.22 bits per heavy atom. The van der Waals surface area contributed by atoms with Crippen LogP contribution in [0, 0.1) is 0 Å². The number of benzene rings is 1. The molecule has 1 heterocycles. The molecule has 0 spiro atoms. The summed E-state index contributed by atoms with van der Waals surface area (Å²) in [7, 11) is 2.73. The van der Waals surface area contributed by atoms with Crippen molar-refractivity contribution in [2.45, 2.75) is 38.4 Å². The lowest BCUT2D eigenvalue weighted by Crippen LogP contribution is -2.30. The van der Waals surface area contributed by atoms with E-state index < -0.39 is 24.0 Å². The second-order valence-corrected chi connectivity index (χ2v) is 5.80. The number of fused-ring (bicyclic) bond motifs is 1. The summed E-state index contributed by atoms with van der Waals surface area (Å²) < 4.78 is 49.9. The van der Waals surface area contributed by atoms with Gasteiger partial charge in [-0.2, -0.15) is 13.2 Å². The number of hydrogen-bond donors (Lipinski definition) is 2. The lowest BCUT2D eigenvalue weighted by Gasteiger charge is -2.18. The zero-order valence-corrected chi connectivity index (χ0v) is 15.1. The van der Waals surface area contributed by atoms with Crippen molar-refractivity contribution in [3.8, 4) is 11.5 Å². The Hall–Kier alpha value is -2.78. The van der Waals surface area contributed by atoms with Crippen LogP contribution in [0.2, 0.25) is 0 Å². The molecular formula is C17H20F3N3O4. The molecule has 2 rings (SSSR count). The summed E-state index contributed by atoms with van der Waals surface area (Å²) in [5.74, 6) is -2.31. The number of nitrogens with zero attached hydrogens (tertiary/aromatic N) is 2. The molecule has 7 nitrogen and oxygen atoms in total. The van der Waals surface area contributed by atoms with Crippen LogP contribution < -0.4 is 14.8 Å². The summed E-state index contributed by atoms with van der Waals surface area (Å²) in [5, 5.41) is 12.2. The van der Waals surface area contributed by atoms with Crippen molar-refractivity contribution in [2.24, 2.45) is 0 Å². The Bertz CT molecular complexity index is 827. The van der Waals surface area contributed by atoms with Gasteiger partial charge in [-0.3, -0.25) is 0 Å². The normalized spacial score (nSPS) is 12.7. The first-order chi connectivity index (χ1) is 12.7. The summed E-state index contributed by atoms with van der Waals surface area (Å²) in [4.78, 5) is 18.6. The number of unbranched alkanes of at least 4 members (excludes halogenated alkanes) is 1. The first-order valence-corrected chi connectivity index (χ1v) is 8.21. The average Bonchev–Trinajstić information content (AvgIpc) is 2.62. The van der Waals surface area contributed by atoms with Crippen LogP contribution in [-0.2, 0) is 11.0 Å². The predicted molar refractivity (Wildman–Crippen MR) is 92.2 cm³/mol. The average molecular weight is 387 g/mol. The molecule has 0 saturated heterocycles. The standard InChI is InChI=1S/C17H20F3N3O4/c1-4-5-6-10(15(24)25)21-14-9-7-12(26-2)13(27-3)8-11(9)22-16(23-14)17(18,19)20/h7-8,10H,4-6H2,1-3H3,(H,24,25)(H,21,22,23). The molecule has 27 heavy (non-hydrogen) atoms. The number of rotatable bonds is 8. The van der Waals surface area contributed by atoms with E-state index in [1.807, 2.05) is 6.92 Å². The zero-order chi connectivity index (χ0) is 20.2. The largest absolute Gasteiger partial charge is 0.493 e. The third-order valence-corrected chi connectivity index (χ3v) is 3.91. The van der Waals surface area contributed by atoms with Crippen LogP contribution in [0.3, 0.4) is 0 Å². The molecule has 1 aromatic carbocycles. The number of carboxylic acids is 1. The second kappa shape index (κ2) is 8.28. The van der Waals surface area contributed by atoms with Gasteiger partial charge >= 0.3 is 12.1 Å². The molecule has 0 fully saturated rings. The summed E-state index contributed by atoms with van der Waals surface area (Å²) in [6.45, 7) is 1.89. The molecule has 2 N–H and O–H groups in total. The lowest BCUT2D eigenvalue weighted by molar-refractivity contribution is -0.144. The maximum absolute atomic E-state index is 13.2. The molecule has 0 aliphatic heterocycles. The number of hydrogen-bond acceptors (Lipinski definition) is 6. The second-order valence-electron chi connectivity index (χ2n) is 5.80. The fourth-order valence-electron chi connectivity index (χ4n) is 2.52. The number of aromatic nitrogens is 2. The summed E-state index contributed by atoms with van der Waals surface area (Å²) in [6.07, 6.45) is -3.21. The van der Waals surface area contributed by atoms with Gasteiger partial charge in [-0.05, 0) is 12.5 Å². The first kappa shape index (κ1) is 20.5. The van der Waals surface area contributed by atoms with E-state index in [0.717, 1.165) is 6.42 Å². The predicted octanol–water partition coefficient (Wildman–Crippen LogP) is 3.72. The molecule has 0 saturated carbocycles. The monoisotopic (exact) mass is 387 g/mol. The van der Waals surface area contributed by atoms with Crippen molar-refractivity contribution in [3.05, 3.63) is 18.0 Å². The molecular weight excluding hydrogens is 367 g/mol. The fraction of sp³-hybridized carbons (Fsp3) is 0.471. The van der Waals surface area contributed by atoms with Crippen LogP contribution in [0.15, 0.2) is 12.1 Å². The number of methoxy groups -OCH3 is 2. The topological polar surface area (TPSA) is 93.6 Å². The van der Waals surface area contributed by atoms with E-state index >= 15 is 0 Å². The molecule has 2 aromatic rings. The van der Waals surface area contributed by atoms with Gasteiger partial charge < -0.3 is 19.9 Å². The Labute approximate surface area is 153 Å². The van der Waals surface area contributed by atoms with Crippen LogP contribution in [0.4, 0.5) is 19.0 Å². The van der Waals surface area contributed by atoms with Crippen molar-refractivity contribution >= 4 is 22.7 Å². The van der Waals surface area contributed by atoms with Gasteiger partial charge in [0.1, 0.15) is 11.9 Å². The van der Waals surface area contributed by atoms with Gasteiger partial charge in [0.25, 0.3) is 0 Å². The molecule has 0 aliphatic rings. The van der Waals surface area contributed by atoms with Gasteiger partial charge in [0.2, 0.25) is 5.82 Å². The van der Waals surface area contributed by atoms with Crippen molar-refractivity contribution in [2.75, 3.05) is 19.5 Å². The number of anilines is 1. The maximum atomic E-state index is 13.2. The number of aliphatic carboxylic acids is 1. The number of halogens is 3. The minimum absolute atomic E-state index is 0.0443. The third kappa shape index (κ3) is 4.69. The summed E-state index contributed by atoms with van der Waals surface area (Å²) in [5.41, 5.74) is -0.0443. The van der Waals surface area contributed by atoms with Gasteiger partial charge in [-0.1, -0.05) is 19.8 Å². The zero-order valence-electron chi connectivity index (χ0n) is 15.1. The molecule has 10 heteroatoms. The smallest absolute Gasteiger partial charge is 0.451 e. The molecule has 0 radical (unpaired) electrons. The van der Waals surface area contributed by atoms with E-state index in [0.29, 0.717) is 6.42 Å². The van der Waals surface area contributed by atoms with Gasteiger partial charge in [-0.15, -0.1) is 0 Å². The van der Waals surface area contributed by atoms with E-state index in [9.17, 15) is 23.1 Å². The first-order valence-electron chi connectivity index (χ1n) is 8.21. The van der Waals surface area contributed by atoms with Gasteiger partial charge in [0.05, 0.1) is 19.7 Å². The van der Waals surface area contributed by atoms with Crippen LogP contribution >= 0.6 is 0 Å². The van der Waals surface area contributed by atoms with Gasteiger partial charge in [0, 0.05) is 11.5 Å². The highest BCUT2D eigenvalue weighted by molar-refractivity contribution is 5.93. The SMILES string of the molecule is CCCCC(Nc1nc(C(F)(F)F)nc2cc(OC)c(OC)cc12)C(=O)O. The lowest BCUT2D eigenvalue weighted by atomic mass is 10.1. The summed E-state index contributed by atoms with van der Waals surface area (Å²) in [6, 6.07) is 1.62. The molecule has 0 amide bonds. The van der Waals surface area contributed by atoms with E-state index in [-0.39, 0.29) is 34.6 Å². The number of nitrogens with one attached hydrogen (secondary N) is 1. The van der Waals surface area contributed by atoms with Gasteiger partial charge in [-0.25, -0.2) is 14.8 Å². The molecule has 1 unspecified atom stereocenters. The van der Waals surface area contributed by atoms with E-state index in [1.165, 1.54) is 26.4 Å². The Morgan fingerprint density at radius 3 is 2.37 bits per heavy atom. The quantitative estimate of drug-likeness (QED) is 0.713. The highest BCUT2D eigenvalue weighted by atomic mass is 19.4. The van der Waals surface area contributed by atoms with Crippen LogP contribution in [0.25, 0.3) is 10.9 Å². The fourth-order valence-corrected chi connectivity index (χ4v) is 2.52. The molecule has 1 atom stereocenters. The molecule has 0 bridgehead atoms. The van der Waals surface area contributed by atoms with Crippen molar-refractivity contribution in [3.63, 3.8) is 0 Å². The van der Waals surface area contributed by atoms with Crippen molar-refractivity contribution < 1.29 is 32.5 Å². The molecule has 0 aliphatic carbocycles. The number of alkyl halides is 3. The number of carboxylic acid groups (broad SMARTS) is 1. The molecule has 1 aromatic heterocycles. The van der Waals surface area contributed by atoms with E-state index in [4.69, 9.17) is 9.47 Å². The number of carbonyl (C=O) groups is 1. The Morgan fingerprint density at radius 2 is 1.85 bits per heavy atom. The van der Waals surface area contributed by atoms with Crippen molar-refractivity contribution in [1.29, 1.82) is 0 Å². The maximum Gasteiger partial charge on any atom is 0.451 e. The van der Waals surface area contributed by atoms with E-state index in [1.54, 1.807) is 0 Å². The van der Waals surface area contributed by atoms with Crippen molar-refractivity contribution in [1.82, 2.24) is 9.97 Å². The molecule has 148 valence electrons. The minimum Gasteiger partial charge on any atom is -0.493 e. The third-order valence-electron chi connectivity index (χ3n) is 3.91. The Kier molecular flexibility index (Phi) is 6.29. The Balaban J connectivity index is 2.64. The van der Waals surface area contributed by atoms with Gasteiger partial charge in [0.15, 0.2) is 11.5 Å². The van der Waals surface area contributed by atoms with Crippen LogP contribution in [0.5, 0.6) is 11.5 Å². The highest BCUT2D eigenvalue weighted by Gasteiger charge is 2.36.